The van der Waals surface area contributed by atoms with Gasteiger partial charge in [-0.1, -0.05) is 48.5 Å². The summed E-state index contributed by atoms with van der Waals surface area (Å²) in [6, 6.07) is 23.0. The van der Waals surface area contributed by atoms with Crippen molar-refractivity contribution in [2.24, 2.45) is 0 Å². The summed E-state index contributed by atoms with van der Waals surface area (Å²) in [7, 11) is 0. The van der Waals surface area contributed by atoms with Crippen LogP contribution in [-0.2, 0) is 17.8 Å². The minimum absolute atomic E-state index is 0.151. The SMILES string of the molecule is O=C(CCc1ncc(-c2ccccc2)o1)Nc1cccc(OCc2cccc(F)c2)c1. The lowest BCUT2D eigenvalue weighted by molar-refractivity contribution is -0.116. The number of carbonyl (C=O) groups excluding carboxylic acids is 1. The van der Waals surface area contributed by atoms with Gasteiger partial charge in [-0.2, -0.15) is 0 Å². The molecule has 3 aromatic carbocycles. The number of aromatic nitrogens is 1. The van der Waals surface area contributed by atoms with Crippen molar-refractivity contribution in [2.75, 3.05) is 5.32 Å². The Morgan fingerprint density at radius 2 is 1.84 bits per heavy atom. The molecule has 1 aromatic heterocycles. The van der Waals surface area contributed by atoms with E-state index in [2.05, 4.69) is 10.3 Å². The lowest BCUT2D eigenvalue weighted by Gasteiger charge is -2.09. The first kappa shape index (κ1) is 20.3. The van der Waals surface area contributed by atoms with Crippen LogP contribution in [0.4, 0.5) is 10.1 Å². The molecule has 4 aromatic rings. The number of benzene rings is 3. The summed E-state index contributed by atoms with van der Waals surface area (Å²) in [6.45, 7) is 0.239. The van der Waals surface area contributed by atoms with Crippen LogP contribution in [0.2, 0.25) is 0 Å². The topological polar surface area (TPSA) is 64.4 Å². The fourth-order valence-corrected chi connectivity index (χ4v) is 3.06. The van der Waals surface area contributed by atoms with E-state index in [1.165, 1.54) is 12.1 Å². The Balaban J connectivity index is 1.29. The van der Waals surface area contributed by atoms with Gasteiger partial charge in [-0.25, -0.2) is 9.37 Å². The number of amides is 1. The number of oxazole rings is 1. The van der Waals surface area contributed by atoms with Gasteiger partial charge >= 0.3 is 0 Å². The molecule has 1 amide bonds. The molecule has 0 saturated heterocycles. The van der Waals surface area contributed by atoms with Crippen molar-refractivity contribution >= 4 is 11.6 Å². The first-order valence-electron chi connectivity index (χ1n) is 9.93. The van der Waals surface area contributed by atoms with Gasteiger partial charge in [0.2, 0.25) is 5.91 Å². The molecule has 0 radical (unpaired) electrons. The summed E-state index contributed by atoms with van der Waals surface area (Å²) in [5.41, 5.74) is 2.30. The van der Waals surface area contributed by atoms with Crippen molar-refractivity contribution in [3.05, 3.63) is 102 Å². The second-order valence-corrected chi connectivity index (χ2v) is 6.98. The zero-order valence-corrected chi connectivity index (χ0v) is 16.8. The van der Waals surface area contributed by atoms with E-state index in [9.17, 15) is 9.18 Å². The Morgan fingerprint density at radius 3 is 2.68 bits per heavy atom. The van der Waals surface area contributed by atoms with Crippen LogP contribution in [0.15, 0.2) is 89.5 Å². The van der Waals surface area contributed by atoms with E-state index >= 15 is 0 Å². The molecule has 4 rings (SSSR count). The normalized spacial score (nSPS) is 10.6. The van der Waals surface area contributed by atoms with Gasteiger partial charge in [0.05, 0.1) is 6.20 Å². The van der Waals surface area contributed by atoms with Crippen LogP contribution in [0.5, 0.6) is 5.75 Å². The van der Waals surface area contributed by atoms with Gasteiger partial charge in [0.15, 0.2) is 11.7 Å². The smallest absolute Gasteiger partial charge is 0.224 e. The number of carbonyl (C=O) groups is 1. The van der Waals surface area contributed by atoms with Crippen LogP contribution in [0.3, 0.4) is 0 Å². The number of aryl methyl sites for hydroxylation is 1. The molecule has 31 heavy (non-hydrogen) atoms. The number of ether oxygens (including phenoxy) is 1. The molecule has 0 fully saturated rings. The zero-order valence-electron chi connectivity index (χ0n) is 16.8. The molecule has 0 saturated carbocycles. The van der Waals surface area contributed by atoms with Crippen LogP contribution in [-0.4, -0.2) is 10.9 Å². The third kappa shape index (κ3) is 5.79. The Labute approximate surface area is 179 Å². The van der Waals surface area contributed by atoms with Gasteiger partial charge in [-0.3, -0.25) is 4.79 Å². The Bertz CT molecular complexity index is 1160. The highest BCUT2D eigenvalue weighted by molar-refractivity contribution is 5.90. The average molecular weight is 416 g/mol. The van der Waals surface area contributed by atoms with Crippen molar-refractivity contribution in [2.45, 2.75) is 19.4 Å². The Hall–Kier alpha value is -3.93. The van der Waals surface area contributed by atoms with E-state index in [1.54, 1.807) is 42.6 Å². The molecule has 0 spiro atoms. The van der Waals surface area contributed by atoms with Crippen molar-refractivity contribution < 1.29 is 18.3 Å². The van der Waals surface area contributed by atoms with Gasteiger partial charge in [-0.15, -0.1) is 0 Å². The molecule has 5 nitrogen and oxygen atoms in total. The van der Waals surface area contributed by atoms with E-state index in [0.29, 0.717) is 29.5 Å². The second-order valence-electron chi connectivity index (χ2n) is 6.98. The monoisotopic (exact) mass is 416 g/mol. The average Bonchev–Trinajstić information content (AvgIpc) is 3.27. The van der Waals surface area contributed by atoms with E-state index in [0.717, 1.165) is 11.1 Å². The number of hydrogen-bond acceptors (Lipinski definition) is 4. The van der Waals surface area contributed by atoms with Crippen molar-refractivity contribution in [3.8, 4) is 17.1 Å². The van der Waals surface area contributed by atoms with Gasteiger partial charge in [-0.05, 0) is 29.8 Å². The quantitative estimate of drug-likeness (QED) is 0.404. The summed E-state index contributed by atoms with van der Waals surface area (Å²) in [5.74, 6) is 1.33. The third-order valence-corrected chi connectivity index (χ3v) is 4.59. The van der Waals surface area contributed by atoms with Gasteiger partial charge in [0.25, 0.3) is 0 Å². The highest BCUT2D eigenvalue weighted by Gasteiger charge is 2.10. The van der Waals surface area contributed by atoms with Crippen LogP contribution in [0.1, 0.15) is 17.9 Å². The molecule has 1 heterocycles. The maximum atomic E-state index is 13.3. The highest BCUT2D eigenvalue weighted by atomic mass is 19.1. The largest absolute Gasteiger partial charge is 0.489 e. The number of nitrogens with one attached hydrogen (secondary N) is 1. The van der Waals surface area contributed by atoms with Gasteiger partial charge in [0.1, 0.15) is 18.2 Å². The molecule has 0 aliphatic heterocycles. The molecule has 0 aliphatic carbocycles. The number of nitrogens with zero attached hydrogens (tertiary/aromatic N) is 1. The van der Waals surface area contributed by atoms with Gasteiger partial charge < -0.3 is 14.5 Å². The summed E-state index contributed by atoms with van der Waals surface area (Å²) < 4.78 is 24.7. The maximum absolute atomic E-state index is 13.3. The van der Waals surface area contributed by atoms with E-state index < -0.39 is 0 Å². The molecule has 156 valence electrons. The lowest BCUT2D eigenvalue weighted by Crippen LogP contribution is -2.12. The molecule has 6 heteroatoms. The summed E-state index contributed by atoms with van der Waals surface area (Å²) in [5, 5.41) is 2.85. The predicted octanol–water partition coefficient (Wildman–Crippen LogP) is 5.63. The molecule has 0 aliphatic rings. The second kappa shape index (κ2) is 9.71. The summed E-state index contributed by atoms with van der Waals surface area (Å²) in [4.78, 5) is 16.6. The zero-order chi connectivity index (χ0) is 21.5. The van der Waals surface area contributed by atoms with Crippen LogP contribution in [0.25, 0.3) is 11.3 Å². The molecular formula is C25H21FN2O3. The Kier molecular flexibility index (Phi) is 6.38. The number of hydrogen-bond donors (Lipinski definition) is 1. The van der Waals surface area contributed by atoms with Crippen molar-refractivity contribution in [1.29, 1.82) is 0 Å². The molecule has 0 atom stereocenters. The summed E-state index contributed by atoms with van der Waals surface area (Å²) in [6.07, 6.45) is 2.31. The Morgan fingerprint density at radius 1 is 1.00 bits per heavy atom. The lowest BCUT2D eigenvalue weighted by atomic mass is 10.2. The first-order chi connectivity index (χ1) is 15.2. The number of anilines is 1. The molecule has 1 N–H and O–H groups in total. The molecule has 0 unspecified atom stereocenters. The predicted molar refractivity (Wildman–Crippen MR) is 116 cm³/mol. The summed E-state index contributed by atoms with van der Waals surface area (Å²) >= 11 is 0. The van der Waals surface area contributed by atoms with Gasteiger partial charge in [0, 0.05) is 30.2 Å². The fourth-order valence-electron chi connectivity index (χ4n) is 3.06. The number of rotatable bonds is 8. The van der Waals surface area contributed by atoms with E-state index in [4.69, 9.17) is 9.15 Å². The minimum Gasteiger partial charge on any atom is -0.489 e. The number of halogens is 1. The van der Waals surface area contributed by atoms with Crippen molar-refractivity contribution in [1.82, 2.24) is 4.98 Å². The standard InChI is InChI=1S/C25H21FN2O3/c26-20-9-4-6-18(14-20)17-30-22-11-5-10-21(15-22)28-24(29)12-13-25-27-16-23(31-25)19-7-2-1-3-8-19/h1-11,14-16H,12-13,17H2,(H,28,29). The molecular weight excluding hydrogens is 395 g/mol. The van der Waals surface area contributed by atoms with Crippen molar-refractivity contribution in [3.63, 3.8) is 0 Å². The van der Waals surface area contributed by atoms with Crippen LogP contribution in [0, 0.1) is 5.82 Å². The van der Waals surface area contributed by atoms with E-state index in [1.807, 2.05) is 30.3 Å². The minimum atomic E-state index is -0.302. The van der Waals surface area contributed by atoms with Crippen LogP contribution < -0.4 is 10.1 Å². The maximum Gasteiger partial charge on any atom is 0.224 e. The van der Waals surface area contributed by atoms with Crippen LogP contribution >= 0.6 is 0 Å². The first-order valence-corrected chi connectivity index (χ1v) is 9.93. The highest BCUT2D eigenvalue weighted by Crippen LogP contribution is 2.21. The van der Waals surface area contributed by atoms with E-state index in [-0.39, 0.29) is 24.8 Å². The third-order valence-electron chi connectivity index (χ3n) is 4.59. The molecule has 0 bridgehead atoms. The fraction of sp³-hybridized carbons (Fsp3) is 0.120.